The molecule has 3 nitrogen and oxygen atoms in total. The Bertz CT molecular complexity index is 339. The van der Waals surface area contributed by atoms with Gasteiger partial charge in [0.2, 0.25) is 0 Å². The molecule has 0 radical (unpaired) electrons. The molecule has 0 saturated carbocycles. The van der Waals surface area contributed by atoms with Crippen molar-refractivity contribution < 1.29 is 0 Å². The lowest BCUT2D eigenvalue weighted by molar-refractivity contribution is 0.0851. The molecule has 0 aliphatic carbocycles. The summed E-state index contributed by atoms with van der Waals surface area (Å²) in [6.45, 7) is 9.13. The minimum atomic E-state index is 0.501. The Balaban J connectivity index is 2.08. The molecule has 1 N–H and O–H groups in total. The van der Waals surface area contributed by atoms with Crippen LogP contribution in [0.5, 0.6) is 0 Å². The first kappa shape index (κ1) is 14.0. The lowest BCUT2D eigenvalue weighted by Gasteiger charge is -2.42. The van der Waals surface area contributed by atoms with E-state index in [2.05, 4.69) is 41.4 Å². The van der Waals surface area contributed by atoms with Crippen molar-refractivity contribution in [1.29, 1.82) is 0 Å². The van der Waals surface area contributed by atoms with Gasteiger partial charge in [-0.25, -0.2) is 4.98 Å². The van der Waals surface area contributed by atoms with Crippen molar-refractivity contribution >= 4 is 11.3 Å². The highest BCUT2D eigenvalue weighted by Crippen LogP contribution is 2.29. The molecule has 0 bridgehead atoms. The molecule has 1 aromatic heterocycles. The van der Waals surface area contributed by atoms with E-state index in [1.165, 1.54) is 17.8 Å². The Labute approximate surface area is 115 Å². The van der Waals surface area contributed by atoms with Crippen molar-refractivity contribution in [2.45, 2.75) is 58.2 Å². The molecule has 4 heteroatoms. The zero-order valence-electron chi connectivity index (χ0n) is 11.7. The van der Waals surface area contributed by atoms with Crippen LogP contribution in [0.4, 0.5) is 0 Å². The Morgan fingerprint density at radius 3 is 3.00 bits per heavy atom. The number of piperazine rings is 1. The molecule has 3 unspecified atom stereocenters. The zero-order valence-corrected chi connectivity index (χ0v) is 12.5. The van der Waals surface area contributed by atoms with Crippen molar-refractivity contribution in [3.8, 4) is 0 Å². The second-order valence-electron chi connectivity index (χ2n) is 5.23. The Morgan fingerprint density at radius 2 is 2.39 bits per heavy atom. The molecule has 1 aromatic rings. The largest absolute Gasteiger partial charge is 0.311 e. The monoisotopic (exact) mass is 267 g/mol. The van der Waals surface area contributed by atoms with Crippen molar-refractivity contribution in [2.24, 2.45) is 0 Å². The average Bonchev–Trinajstić information content (AvgIpc) is 2.88. The lowest BCUT2D eigenvalue weighted by atomic mass is 10.0. The highest BCUT2D eigenvalue weighted by atomic mass is 32.1. The first-order chi connectivity index (χ1) is 8.76. The minimum Gasteiger partial charge on any atom is -0.311 e. The van der Waals surface area contributed by atoms with Crippen LogP contribution in [0.25, 0.3) is 0 Å². The van der Waals surface area contributed by atoms with Gasteiger partial charge in [-0.3, -0.25) is 4.90 Å². The summed E-state index contributed by atoms with van der Waals surface area (Å²) < 4.78 is 0. The highest BCUT2D eigenvalue weighted by molar-refractivity contribution is 7.09. The summed E-state index contributed by atoms with van der Waals surface area (Å²) in [5.74, 6) is 0. The fourth-order valence-corrected chi connectivity index (χ4v) is 3.72. The average molecular weight is 267 g/mol. The number of thiazole rings is 1. The van der Waals surface area contributed by atoms with Gasteiger partial charge in [-0.05, 0) is 19.8 Å². The summed E-state index contributed by atoms with van der Waals surface area (Å²) in [6, 6.07) is 1.76. The summed E-state index contributed by atoms with van der Waals surface area (Å²) in [6.07, 6.45) is 5.61. The maximum atomic E-state index is 4.52. The Kier molecular flexibility index (Phi) is 5.15. The molecule has 0 amide bonds. The number of hydrogen-bond donors (Lipinski definition) is 1. The number of aromatic nitrogens is 1. The highest BCUT2D eigenvalue weighted by Gasteiger charge is 2.31. The third kappa shape index (κ3) is 3.11. The maximum absolute atomic E-state index is 4.52. The Morgan fingerprint density at radius 1 is 1.56 bits per heavy atom. The maximum Gasteiger partial charge on any atom is 0.110 e. The Hall–Kier alpha value is -0.450. The van der Waals surface area contributed by atoms with Gasteiger partial charge in [0, 0.05) is 36.8 Å². The summed E-state index contributed by atoms with van der Waals surface area (Å²) in [7, 11) is 0. The van der Waals surface area contributed by atoms with Gasteiger partial charge in [0.25, 0.3) is 0 Å². The molecule has 1 aliphatic heterocycles. The molecule has 1 fully saturated rings. The van der Waals surface area contributed by atoms with Crippen LogP contribution in [-0.4, -0.2) is 35.1 Å². The molecule has 0 aromatic carbocycles. The van der Waals surface area contributed by atoms with Gasteiger partial charge < -0.3 is 5.32 Å². The van der Waals surface area contributed by atoms with E-state index >= 15 is 0 Å². The van der Waals surface area contributed by atoms with Crippen LogP contribution in [0.1, 0.15) is 51.1 Å². The van der Waals surface area contributed by atoms with Crippen molar-refractivity contribution in [3.63, 3.8) is 0 Å². The predicted octanol–water partition coefficient (Wildman–Crippen LogP) is 3.06. The molecule has 18 heavy (non-hydrogen) atoms. The van der Waals surface area contributed by atoms with E-state index in [1.807, 2.05) is 6.20 Å². The number of nitrogens with one attached hydrogen (secondary N) is 1. The van der Waals surface area contributed by atoms with E-state index < -0.39 is 0 Å². The van der Waals surface area contributed by atoms with E-state index in [9.17, 15) is 0 Å². The molecule has 2 rings (SSSR count). The minimum absolute atomic E-state index is 0.501. The third-order valence-electron chi connectivity index (χ3n) is 3.86. The van der Waals surface area contributed by atoms with Gasteiger partial charge in [-0.1, -0.05) is 20.3 Å². The first-order valence-electron chi connectivity index (χ1n) is 7.14. The standard InChI is InChI=1S/C14H25N3S/c1-4-6-12-10-17(11(3)9-16-12)13(5-2)14-15-7-8-18-14/h7-8,11-13,16H,4-6,9-10H2,1-3H3. The summed E-state index contributed by atoms with van der Waals surface area (Å²) in [4.78, 5) is 7.17. The van der Waals surface area contributed by atoms with Crippen LogP contribution in [0, 0.1) is 0 Å². The van der Waals surface area contributed by atoms with E-state index in [1.54, 1.807) is 11.3 Å². The van der Waals surface area contributed by atoms with Crippen LogP contribution in [0.15, 0.2) is 11.6 Å². The van der Waals surface area contributed by atoms with E-state index in [4.69, 9.17) is 0 Å². The van der Waals surface area contributed by atoms with Crippen LogP contribution in [0.2, 0.25) is 0 Å². The van der Waals surface area contributed by atoms with Crippen molar-refractivity contribution in [2.75, 3.05) is 13.1 Å². The van der Waals surface area contributed by atoms with Crippen LogP contribution in [-0.2, 0) is 0 Å². The van der Waals surface area contributed by atoms with Crippen LogP contribution in [0.3, 0.4) is 0 Å². The topological polar surface area (TPSA) is 28.2 Å². The van der Waals surface area contributed by atoms with E-state index in [-0.39, 0.29) is 0 Å². The molecule has 1 saturated heterocycles. The molecule has 3 atom stereocenters. The summed E-state index contributed by atoms with van der Waals surface area (Å²) >= 11 is 1.79. The second kappa shape index (κ2) is 6.64. The SMILES string of the molecule is CCCC1CN(C(CC)c2nccs2)C(C)CN1. The smallest absolute Gasteiger partial charge is 0.110 e. The van der Waals surface area contributed by atoms with E-state index in [0.717, 1.165) is 19.5 Å². The van der Waals surface area contributed by atoms with Crippen LogP contribution < -0.4 is 5.32 Å². The van der Waals surface area contributed by atoms with Gasteiger partial charge in [-0.15, -0.1) is 11.3 Å². The molecule has 0 spiro atoms. The van der Waals surface area contributed by atoms with Crippen LogP contribution >= 0.6 is 11.3 Å². The molecule has 102 valence electrons. The third-order valence-corrected chi connectivity index (χ3v) is 4.74. The lowest BCUT2D eigenvalue weighted by Crippen LogP contribution is -2.56. The van der Waals surface area contributed by atoms with E-state index in [0.29, 0.717) is 18.1 Å². The zero-order chi connectivity index (χ0) is 13.0. The molecular weight excluding hydrogens is 242 g/mol. The second-order valence-corrected chi connectivity index (χ2v) is 6.16. The van der Waals surface area contributed by atoms with Crippen molar-refractivity contribution in [3.05, 3.63) is 16.6 Å². The van der Waals surface area contributed by atoms with Gasteiger partial charge >= 0.3 is 0 Å². The number of nitrogens with zero attached hydrogens (tertiary/aromatic N) is 2. The van der Waals surface area contributed by atoms with Gasteiger partial charge in [0.15, 0.2) is 0 Å². The fourth-order valence-electron chi connectivity index (χ4n) is 2.88. The van der Waals surface area contributed by atoms with Gasteiger partial charge in [0.1, 0.15) is 5.01 Å². The summed E-state index contributed by atoms with van der Waals surface area (Å²) in [5, 5.41) is 7.04. The fraction of sp³-hybridized carbons (Fsp3) is 0.786. The molecule has 2 heterocycles. The molecular formula is C14H25N3S. The summed E-state index contributed by atoms with van der Waals surface area (Å²) in [5.41, 5.74) is 0. The molecule has 1 aliphatic rings. The normalized spacial score (nSPS) is 27.3. The quantitative estimate of drug-likeness (QED) is 0.888. The van der Waals surface area contributed by atoms with Gasteiger partial charge in [-0.2, -0.15) is 0 Å². The number of rotatable bonds is 5. The van der Waals surface area contributed by atoms with Gasteiger partial charge in [0.05, 0.1) is 6.04 Å². The number of hydrogen-bond acceptors (Lipinski definition) is 4. The first-order valence-corrected chi connectivity index (χ1v) is 8.02. The predicted molar refractivity (Wildman–Crippen MR) is 78.0 cm³/mol. The van der Waals surface area contributed by atoms with Crippen molar-refractivity contribution in [1.82, 2.24) is 15.2 Å².